The van der Waals surface area contributed by atoms with Gasteiger partial charge in [-0.15, -0.1) is 11.8 Å². The third-order valence-corrected chi connectivity index (χ3v) is 6.79. The number of nitrogens with zero attached hydrogens (tertiary/aromatic N) is 1. The van der Waals surface area contributed by atoms with Gasteiger partial charge >= 0.3 is 0 Å². The smallest absolute Gasteiger partial charge is 0.238 e. The van der Waals surface area contributed by atoms with Crippen LogP contribution in [0.4, 0.5) is 15.8 Å². The number of amides is 2. The fourth-order valence-electron chi connectivity index (χ4n) is 3.77. The van der Waals surface area contributed by atoms with Crippen molar-refractivity contribution in [1.29, 1.82) is 0 Å². The van der Waals surface area contributed by atoms with Gasteiger partial charge in [-0.1, -0.05) is 44.9 Å². The summed E-state index contributed by atoms with van der Waals surface area (Å²) in [6.45, 7) is 5.85. The number of unbranched alkanes of at least 4 members (excludes halogenated alkanes) is 1. The third kappa shape index (κ3) is 4.86. The van der Waals surface area contributed by atoms with E-state index in [1.165, 1.54) is 17.8 Å². The number of hydrogen-bond acceptors (Lipinski definition) is 3. The second-order valence-corrected chi connectivity index (χ2v) is 8.74. The van der Waals surface area contributed by atoms with E-state index >= 15 is 0 Å². The van der Waals surface area contributed by atoms with Crippen LogP contribution in [0, 0.1) is 18.7 Å². The molecular formula is C24H29FN2O2S. The molecule has 30 heavy (non-hydrogen) atoms. The summed E-state index contributed by atoms with van der Waals surface area (Å²) in [5, 5.41) is 2.79. The van der Waals surface area contributed by atoms with Crippen molar-refractivity contribution in [2.45, 2.75) is 51.8 Å². The lowest BCUT2D eigenvalue weighted by Crippen LogP contribution is -2.29. The number of thioether (sulfide) groups is 1. The van der Waals surface area contributed by atoms with Crippen molar-refractivity contribution < 1.29 is 14.0 Å². The fraction of sp³-hybridized carbons (Fsp3) is 0.417. The van der Waals surface area contributed by atoms with Gasteiger partial charge in [0.25, 0.3) is 0 Å². The first kappa shape index (κ1) is 22.3. The van der Waals surface area contributed by atoms with E-state index in [2.05, 4.69) is 12.2 Å². The van der Waals surface area contributed by atoms with Crippen LogP contribution in [-0.2, 0) is 9.59 Å². The van der Waals surface area contributed by atoms with Gasteiger partial charge in [0.15, 0.2) is 0 Å². The molecule has 160 valence electrons. The monoisotopic (exact) mass is 428 g/mol. The number of benzene rings is 2. The summed E-state index contributed by atoms with van der Waals surface area (Å²) in [7, 11) is 0. The molecule has 4 nitrogen and oxygen atoms in total. The van der Waals surface area contributed by atoms with E-state index in [1.54, 1.807) is 24.0 Å². The van der Waals surface area contributed by atoms with E-state index in [-0.39, 0.29) is 28.9 Å². The van der Waals surface area contributed by atoms with Crippen LogP contribution >= 0.6 is 11.8 Å². The van der Waals surface area contributed by atoms with Crippen LogP contribution in [0.3, 0.4) is 0 Å². The first-order valence-electron chi connectivity index (χ1n) is 10.6. The van der Waals surface area contributed by atoms with Crippen LogP contribution in [0.1, 0.15) is 56.0 Å². The highest BCUT2D eigenvalue weighted by molar-refractivity contribution is 8.00. The summed E-state index contributed by atoms with van der Waals surface area (Å²) in [5.41, 5.74) is 2.69. The van der Waals surface area contributed by atoms with Gasteiger partial charge in [0.2, 0.25) is 11.8 Å². The number of nitrogens with one attached hydrogen (secondary N) is 1. The Kier molecular flexibility index (Phi) is 7.53. The molecule has 2 amide bonds. The van der Waals surface area contributed by atoms with Crippen molar-refractivity contribution in [3.63, 3.8) is 0 Å². The zero-order valence-corrected chi connectivity index (χ0v) is 18.6. The Bertz CT molecular complexity index is 918. The Morgan fingerprint density at radius 3 is 2.77 bits per heavy atom. The minimum Gasteiger partial charge on any atom is -0.326 e. The molecule has 3 rings (SSSR count). The number of carbonyl (C=O) groups excluding carboxylic acids is 2. The topological polar surface area (TPSA) is 49.4 Å². The zero-order valence-electron chi connectivity index (χ0n) is 17.8. The quantitative estimate of drug-likeness (QED) is 0.555. The molecule has 0 bridgehead atoms. The molecule has 1 aliphatic heterocycles. The van der Waals surface area contributed by atoms with Crippen molar-refractivity contribution in [2.75, 3.05) is 16.0 Å². The molecule has 0 aromatic heterocycles. The summed E-state index contributed by atoms with van der Waals surface area (Å²) in [6, 6.07) is 12.4. The first-order chi connectivity index (χ1) is 14.5. The van der Waals surface area contributed by atoms with Gasteiger partial charge in [-0.25, -0.2) is 4.39 Å². The lowest BCUT2D eigenvalue weighted by atomic mass is 9.98. The standard InChI is InChI=1S/C24H29FN2O2S/c1-4-6-9-17(5-2)23(29)26-19-11-7-10-18(14-19)24-27(22(28)15-30-24)21-13-8-12-20(25)16(21)3/h7-8,10-14,17,24H,4-6,9,15H2,1-3H3,(H,26,29)/t17-,24-/m1/s1. The molecular weight excluding hydrogens is 399 g/mol. The Morgan fingerprint density at radius 2 is 2.03 bits per heavy atom. The Hall–Kier alpha value is -2.34. The van der Waals surface area contributed by atoms with Gasteiger partial charge in [0.1, 0.15) is 11.2 Å². The zero-order chi connectivity index (χ0) is 21.7. The molecule has 2 atom stereocenters. The lowest BCUT2D eigenvalue weighted by Gasteiger charge is -2.26. The Morgan fingerprint density at radius 1 is 1.27 bits per heavy atom. The molecule has 0 saturated carbocycles. The highest BCUT2D eigenvalue weighted by Crippen LogP contribution is 2.43. The molecule has 6 heteroatoms. The van der Waals surface area contributed by atoms with Crippen molar-refractivity contribution in [1.82, 2.24) is 0 Å². The largest absolute Gasteiger partial charge is 0.326 e. The Labute approximate surface area is 182 Å². The van der Waals surface area contributed by atoms with E-state index in [4.69, 9.17) is 0 Å². The Balaban J connectivity index is 1.83. The van der Waals surface area contributed by atoms with Crippen LogP contribution in [0.5, 0.6) is 0 Å². The molecule has 2 aromatic rings. The predicted molar refractivity (Wildman–Crippen MR) is 122 cm³/mol. The lowest BCUT2D eigenvalue weighted by molar-refractivity contribution is -0.120. The van der Waals surface area contributed by atoms with E-state index in [0.717, 1.165) is 36.9 Å². The normalized spacial score (nSPS) is 17.3. The van der Waals surface area contributed by atoms with Crippen molar-refractivity contribution >= 4 is 35.0 Å². The van der Waals surface area contributed by atoms with Gasteiger partial charge in [0.05, 0.1) is 11.4 Å². The molecule has 1 aliphatic rings. The second kappa shape index (κ2) is 10.1. The van der Waals surface area contributed by atoms with E-state index in [0.29, 0.717) is 17.0 Å². The second-order valence-electron chi connectivity index (χ2n) is 7.67. The molecule has 1 saturated heterocycles. The number of carbonyl (C=O) groups is 2. The first-order valence-corrected chi connectivity index (χ1v) is 11.6. The van der Waals surface area contributed by atoms with Crippen molar-refractivity contribution in [2.24, 2.45) is 5.92 Å². The highest BCUT2D eigenvalue weighted by atomic mass is 32.2. The summed E-state index contributed by atoms with van der Waals surface area (Å²) in [4.78, 5) is 27.0. The van der Waals surface area contributed by atoms with Gasteiger partial charge in [-0.2, -0.15) is 0 Å². The summed E-state index contributed by atoms with van der Waals surface area (Å²) in [6.07, 6.45) is 3.81. The predicted octanol–water partition coefficient (Wildman–Crippen LogP) is 6.07. The summed E-state index contributed by atoms with van der Waals surface area (Å²) in [5.74, 6) is 0.0125. The van der Waals surface area contributed by atoms with Crippen molar-refractivity contribution in [3.05, 3.63) is 59.4 Å². The number of halogens is 1. The molecule has 0 radical (unpaired) electrons. The molecule has 1 fully saturated rings. The number of hydrogen-bond donors (Lipinski definition) is 1. The molecule has 0 spiro atoms. The van der Waals surface area contributed by atoms with Crippen LogP contribution in [0.15, 0.2) is 42.5 Å². The number of anilines is 2. The van der Waals surface area contributed by atoms with E-state index in [9.17, 15) is 14.0 Å². The van der Waals surface area contributed by atoms with Crippen LogP contribution in [0.2, 0.25) is 0 Å². The van der Waals surface area contributed by atoms with E-state index < -0.39 is 0 Å². The fourth-order valence-corrected chi connectivity index (χ4v) is 4.93. The van der Waals surface area contributed by atoms with Gasteiger partial charge in [-0.3, -0.25) is 14.5 Å². The van der Waals surface area contributed by atoms with Crippen LogP contribution in [0.25, 0.3) is 0 Å². The average molecular weight is 429 g/mol. The van der Waals surface area contributed by atoms with Gasteiger partial charge in [0, 0.05) is 17.2 Å². The maximum atomic E-state index is 14.1. The molecule has 0 aliphatic carbocycles. The molecule has 1 heterocycles. The molecule has 1 N–H and O–H groups in total. The van der Waals surface area contributed by atoms with Gasteiger partial charge < -0.3 is 5.32 Å². The minimum atomic E-state index is -0.324. The van der Waals surface area contributed by atoms with Gasteiger partial charge in [-0.05, 0) is 49.6 Å². The van der Waals surface area contributed by atoms with E-state index in [1.807, 2.05) is 31.2 Å². The minimum absolute atomic E-state index is 0.00230. The average Bonchev–Trinajstić information content (AvgIpc) is 3.12. The van der Waals surface area contributed by atoms with Crippen molar-refractivity contribution in [3.8, 4) is 0 Å². The summed E-state index contributed by atoms with van der Waals surface area (Å²) >= 11 is 1.51. The molecule has 2 aromatic carbocycles. The maximum absolute atomic E-state index is 14.1. The third-order valence-electron chi connectivity index (χ3n) is 5.58. The SMILES string of the molecule is CCCC[C@@H](CC)C(=O)Nc1cccc([C@H]2SCC(=O)N2c2cccc(F)c2C)c1. The van der Waals surface area contributed by atoms with Crippen LogP contribution < -0.4 is 10.2 Å². The summed E-state index contributed by atoms with van der Waals surface area (Å²) < 4.78 is 14.1. The highest BCUT2D eigenvalue weighted by Gasteiger charge is 2.35. The van der Waals surface area contributed by atoms with Crippen LogP contribution in [-0.4, -0.2) is 17.6 Å². The molecule has 0 unspecified atom stereocenters. The maximum Gasteiger partial charge on any atom is 0.238 e. The number of rotatable bonds is 8.